The monoisotopic (exact) mass is 502 g/mol. The van der Waals surface area contributed by atoms with Gasteiger partial charge in [-0.15, -0.1) is 0 Å². The third-order valence-electron chi connectivity index (χ3n) is 3.20. The minimum Gasteiger partial charge on any atom is -0.480 e. The molecule has 29 heavy (non-hydrogen) atoms. The predicted molar refractivity (Wildman–Crippen MR) is 116 cm³/mol. The number of carbonyl (C=O) groups is 2. The number of rotatable bonds is 4. The quantitative estimate of drug-likeness (QED) is 0.424. The number of ether oxygens (including phenoxy) is 1. The first kappa shape index (κ1) is 27.6. The molecule has 12 heteroatoms. The Morgan fingerprint density at radius 2 is 1.28 bits per heavy atom. The first-order chi connectivity index (χ1) is 13.5. The van der Waals surface area contributed by atoms with Gasteiger partial charge in [0.05, 0.1) is 7.11 Å². The van der Waals surface area contributed by atoms with Gasteiger partial charge >= 0.3 is 11.9 Å². The lowest BCUT2D eigenvalue weighted by Gasteiger charge is -2.10. The number of carbonyl (C=O) groups excluding carboxylic acids is 1. The van der Waals surface area contributed by atoms with Gasteiger partial charge in [-0.25, -0.2) is 4.21 Å². The second-order valence-corrected chi connectivity index (χ2v) is 8.38. The number of carboxylic acids is 1. The number of carboxylic acid groups (broad SMARTS) is 1. The third-order valence-corrected chi connectivity index (χ3v) is 3.89. The molecule has 5 N–H and O–H groups in total. The first-order valence-corrected chi connectivity index (χ1v) is 11.1. The number of esters is 1. The van der Waals surface area contributed by atoms with Crippen LogP contribution in [0.2, 0.25) is 10.0 Å². The van der Waals surface area contributed by atoms with Crippen LogP contribution in [-0.2, 0) is 23.6 Å². The predicted octanol–water partition coefficient (Wildman–Crippen LogP) is 3.98. The molecule has 7 nitrogen and oxygen atoms in total. The maximum Gasteiger partial charge on any atom is 0.327 e. The van der Waals surface area contributed by atoms with Crippen molar-refractivity contribution >= 4 is 65.7 Å². The lowest BCUT2D eigenvalue weighted by atomic mass is 10.1. The fourth-order valence-electron chi connectivity index (χ4n) is 1.84. The van der Waals surface area contributed by atoms with Crippen LogP contribution in [0.15, 0.2) is 48.5 Å². The van der Waals surface area contributed by atoms with Gasteiger partial charge in [0.25, 0.3) is 0 Å². The van der Waals surface area contributed by atoms with Gasteiger partial charge in [0.2, 0.25) is 9.23 Å². The van der Waals surface area contributed by atoms with Gasteiger partial charge < -0.3 is 21.3 Å². The molecular weight excluding hydrogens is 486 g/mol. The van der Waals surface area contributed by atoms with Gasteiger partial charge in [0.15, 0.2) is 0 Å². The summed E-state index contributed by atoms with van der Waals surface area (Å²) in [7, 11) is 8.65. The lowest BCUT2D eigenvalue weighted by Crippen LogP contribution is -2.22. The largest absolute Gasteiger partial charge is 0.480 e. The Kier molecular flexibility index (Phi) is 13.9. The number of halogens is 4. The van der Waals surface area contributed by atoms with Crippen LogP contribution < -0.4 is 11.5 Å². The highest BCUT2D eigenvalue weighted by molar-refractivity contribution is 8.26. The van der Waals surface area contributed by atoms with Crippen molar-refractivity contribution in [2.24, 2.45) is 11.5 Å². The van der Waals surface area contributed by atoms with Crippen molar-refractivity contribution in [2.45, 2.75) is 12.1 Å². The lowest BCUT2D eigenvalue weighted by molar-refractivity contribution is -0.142. The van der Waals surface area contributed by atoms with Crippen molar-refractivity contribution in [1.29, 1.82) is 0 Å². The van der Waals surface area contributed by atoms with Gasteiger partial charge in [-0.05, 0) is 23.3 Å². The summed E-state index contributed by atoms with van der Waals surface area (Å²) in [5, 5.41) is 9.43. The zero-order valence-electron chi connectivity index (χ0n) is 14.9. The molecule has 2 aromatic carbocycles. The topological polar surface area (TPSA) is 133 Å². The number of methoxy groups -OCH3 is 1. The Bertz CT molecular complexity index is 837. The zero-order chi connectivity index (χ0) is 22.6. The highest BCUT2D eigenvalue weighted by atomic mass is 36.0. The highest BCUT2D eigenvalue weighted by Gasteiger charge is 2.18. The number of hydrogen-bond acceptors (Lipinski definition) is 6. The van der Waals surface area contributed by atoms with E-state index >= 15 is 0 Å². The number of benzene rings is 2. The van der Waals surface area contributed by atoms with Crippen LogP contribution in [0.25, 0.3) is 0 Å². The molecule has 0 heterocycles. The summed E-state index contributed by atoms with van der Waals surface area (Å²) in [6.07, 6.45) is 0. The molecule has 2 atom stereocenters. The van der Waals surface area contributed by atoms with Crippen LogP contribution in [0.3, 0.4) is 0 Å². The van der Waals surface area contributed by atoms with Gasteiger partial charge in [-0.1, -0.05) is 59.6 Å². The standard InChI is InChI=1S/C9H10ClNO2.C8H8ClNO2.Cl2OS/c1-13-9(12)8(11)6-4-2-3-5-7(6)10;9-6-4-2-1-3-5(6)7(10)8(11)12;1-4(2)3/h2-5,8H,11H2,1H3;1-4,7H,10H2,(H,11,12);. The van der Waals surface area contributed by atoms with Gasteiger partial charge in [0, 0.05) is 31.4 Å². The Labute approximate surface area is 189 Å². The van der Waals surface area contributed by atoms with E-state index in [4.69, 9.17) is 44.0 Å². The van der Waals surface area contributed by atoms with Crippen molar-refractivity contribution in [3.05, 3.63) is 69.7 Å². The van der Waals surface area contributed by atoms with Crippen molar-refractivity contribution in [2.75, 3.05) is 7.11 Å². The van der Waals surface area contributed by atoms with E-state index in [9.17, 15) is 9.59 Å². The van der Waals surface area contributed by atoms with Crippen molar-refractivity contribution < 1.29 is 23.6 Å². The first-order valence-electron chi connectivity index (χ1n) is 7.57. The molecule has 0 saturated carbocycles. The summed E-state index contributed by atoms with van der Waals surface area (Å²) >= 11 is 11.6. The smallest absolute Gasteiger partial charge is 0.327 e. The summed E-state index contributed by atoms with van der Waals surface area (Å²) in [5.74, 6) is -1.57. The fraction of sp³-hybridized carbons (Fsp3) is 0.176. The Morgan fingerprint density at radius 3 is 1.59 bits per heavy atom. The summed E-state index contributed by atoms with van der Waals surface area (Å²) in [5.41, 5.74) is 12.0. The van der Waals surface area contributed by atoms with Gasteiger partial charge in [-0.3, -0.25) is 9.59 Å². The molecule has 2 aromatic rings. The summed E-state index contributed by atoms with van der Waals surface area (Å²) in [6.45, 7) is 0. The van der Waals surface area contributed by atoms with E-state index in [1.807, 2.05) is 0 Å². The minimum absolute atomic E-state index is 0.382. The molecule has 2 unspecified atom stereocenters. The van der Waals surface area contributed by atoms with E-state index in [1.54, 1.807) is 48.5 Å². The van der Waals surface area contributed by atoms with Crippen LogP contribution in [0.1, 0.15) is 23.2 Å². The Balaban J connectivity index is 0.000000459. The second-order valence-electron chi connectivity index (χ2n) is 5.04. The molecule has 0 radical (unpaired) electrons. The van der Waals surface area contributed by atoms with E-state index in [0.29, 0.717) is 21.2 Å². The minimum atomic E-state index is -1.67. The Morgan fingerprint density at radius 1 is 0.931 bits per heavy atom. The van der Waals surface area contributed by atoms with E-state index in [1.165, 1.54) is 7.11 Å². The Hall–Kier alpha value is -1.39. The van der Waals surface area contributed by atoms with Crippen molar-refractivity contribution in [3.8, 4) is 0 Å². The molecule has 0 bridgehead atoms. The second kappa shape index (κ2) is 14.6. The molecule has 0 amide bonds. The summed E-state index contributed by atoms with van der Waals surface area (Å²) < 4.78 is 13.6. The van der Waals surface area contributed by atoms with Crippen LogP contribution in [0, 0.1) is 0 Å². The molecular formula is C17H18Cl4N2O5S. The zero-order valence-corrected chi connectivity index (χ0v) is 18.8. The maximum atomic E-state index is 11.1. The fourth-order valence-corrected chi connectivity index (χ4v) is 2.35. The normalized spacial score (nSPS) is 11.9. The van der Waals surface area contributed by atoms with Gasteiger partial charge in [0.1, 0.15) is 12.1 Å². The van der Waals surface area contributed by atoms with Crippen LogP contribution in [0.4, 0.5) is 0 Å². The van der Waals surface area contributed by atoms with Crippen LogP contribution >= 0.6 is 44.6 Å². The van der Waals surface area contributed by atoms with E-state index in [0.717, 1.165) is 0 Å². The van der Waals surface area contributed by atoms with Crippen molar-refractivity contribution in [3.63, 3.8) is 0 Å². The molecule has 0 aliphatic rings. The van der Waals surface area contributed by atoms with Crippen LogP contribution in [0.5, 0.6) is 0 Å². The summed E-state index contributed by atoms with van der Waals surface area (Å²) in [4.78, 5) is 21.5. The molecule has 0 aliphatic heterocycles. The highest BCUT2D eigenvalue weighted by Crippen LogP contribution is 2.22. The van der Waals surface area contributed by atoms with Crippen molar-refractivity contribution in [1.82, 2.24) is 0 Å². The average molecular weight is 504 g/mol. The molecule has 0 spiro atoms. The van der Waals surface area contributed by atoms with E-state index < -0.39 is 33.2 Å². The molecule has 2 rings (SSSR count). The van der Waals surface area contributed by atoms with E-state index in [2.05, 4.69) is 26.1 Å². The van der Waals surface area contributed by atoms with E-state index in [-0.39, 0.29) is 0 Å². The summed E-state index contributed by atoms with van der Waals surface area (Å²) in [6, 6.07) is 11.7. The molecule has 0 aliphatic carbocycles. The number of hydrogen-bond donors (Lipinski definition) is 3. The van der Waals surface area contributed by atoms with Crippen LogP contribution in [-0.4, -0.2) is 28.4 Å². The molecule has 0 fully saturated rings. The average Bonchev–Trinajstić information content (AvgIpc) is 2.67. The number of nitrogens with two attached hydrogens (primary N) is 2. The SMILES string of the molecule is COC(=O)C(N)c1ccccc1Cl.NC(C(=O)O)c1ccccc1Cl.O=S(Cl)Cl. The third kappa shape index (κ3) is 10.8. The molecule has 0 aromatic heterocycles. The molecule has 160 valence electrons. The maximum absolute atomic E-state index is 11.1. The van der Waals surface area contributed by atoms with Gasteiger partial charge in [-0.2, -0.15) is 0 Å². The molecule has 0 saturated heterocycles. The number of aliphatic carboxylic acids is 1.